The summed E-state index contributed by atoms with van der Waals surface area (Å²) in [7, 11) is 0. The molecule has 1 aromatic carbocycles. The van der Waals surface area contributed by atoms with Gasteiger partial charge < -0.3 is 14.7 Å². The lowest BCUT2D eigenvalue weighted by Gasteiger charge is -2.31. The predicted octanol–water partition coefficient (Wildman–Crippen LogP) is 2.05. The van der Waals surface area contributed by atoms with Crippen LogP contribution < -0.4 is 4.74 Å². The van der Waals surface area contributed by atoms with E-state index < -0.39 is 6.10 Å². The van der Waals surface area contributed by atoms with E-state index in [4.69, 9.17) is 4.74 Å². The third kappa shape index (κ3) is 3.51. The van der Waals surface area contributed by atoms with Gasteiger partial charge in [-0.15, -0.1) is 0 Å². The van der Waals surface area contributed by atoms with Gasteiger partial charge in [-0.1, -0.05) is 6.07 Å². The summed E-state index contributed by atoms with van der Waals surface area (Å²) in [6.45, 7) is 7.08. The number of carbonyl (C=O) groups is 1. The van der Waals surface area contributed by atoms with Crippen molar-refractivity contribution in [2.24, 2.45) is 0 Å². The Morgan fingerprint density at radius 1 is 1.30 bits per heavy atom. The van der Waals surface area contributed by atoms with Gasteiger partial charge in [-0.05, 0) is 56.9 Å². The van der Waals surface area contributed by atoms with Crippen molar-refractivity contribution >= 4 is 5.91 Å². The van der Waals surface area contributed by atoms with Gasteiger partial charge in [0, 0.05) is 13.1 Å². The van der Waals surface area contributed by atoms with E-state index in [1.54, 1.807) is 11.8 Å². The molecular formula is C16H23NO3. The molecular weight excluding hydrogens is 254 g/mol. The van der Waals surface area contributed by atoms with Gasteiger partial charge in [-0.25, -0.2) is 0 Å². The van der Waals surface area contributed by atoms with E-state index in [-0.39, 0.29) is 12.0 Å². The van der Waals surface area contributed by atoms with Crippen LogP contribution in [0.5, 0.6) is 5.75 Å². The Kier molecular flexibility index (Phi) is 4.65. The summed E-state index contributed by atoms with van der Waals surface area (Å²) in [6, 6.07) is 5.85. The summed E-state index contributed by atoms with van der Waals surface area (Å²) >= 11 is 0. The largest absolute Gasteiger partial charge is 0.481 e. The molecule has 2 rings (SSSR count). The first-order chi connectivity index (χ1) is 9.47. The fourth-order valence-electron chi connectivity index (χ4n) is 2.39. The van der Waals surface area contributed by atoms with Crippen LogP contribution in [0.3, 0.4) is 0 Å². The highest BCUT2D eigenvalue weighted by molar-refractivity contribution is 5.81. The van der Waals surface area contributed by atoms with Gasteiger partial charge in [0.1, 0.15) is 5.75 Å². The molecule has 20 heavy (non-hydrogen) atoms. The molecule has 1 aliphatic rings. The number of aliphatic hydroxyl groups is 1. The summed E-state index contributed by atoms with van der Waals surface area (Å²) in [6.07, 6.45) is 0.548. The second-order valence-corrected chi connectivity index (χ2v) is 5.56. The number of ether oxygens (including phenoxy) is 1. The zero-order chi connectivity index (χ0) is 14.7. The van der Waals surface area contributed by atoms with Gasteiger partial charge >= 0.3 is 0 Å². The Balaban J connectivity index is 1.95. The van der Waals surface area contributed by atoms with Gasteiger partial charge in [0.2, 0.25) is 0 Å². The number of likely N-dealkylation sites (tertiary alicyclic amines) is 1. The molecule has 1 saturated heterocycles. The van der Waals surface area contributed by atoms with Gasteiger partial charge in [0.15, 0.2) is 6.10 Å². The third-order valence-corrected chi connectivity index (χ3v) is 3.92. The number of nitrogens with zero attached hydrogens (tertiary/aromatic N) is 1. The summed E-state index contributed by atoms with van der Waals surface area (Å²) in [4.78, 5) is 14.1. The monoisotopic (exact) mass is 277 g/mol. The van der Waals surface area contributed by atoms with Crippen molar-refractivity contribution in [3.63, 3.8) is 0 Å². The Morgan fingerprint density at radius 2 is 1.95 bits per heavy atom. The number of carbonyl (C=O) groups excluding carboxylic acids is 1. The van der Waals surface area contributed by atoms with Crippen LogP contribution >= 0.6 is 0 Å². The van der Waals surface area contributed by atoms with Crippen LogP contribution in [-0.2, 0) is 4.79 Å². The van der Waals surface area contributed by atoms with Crippen molar-refractivity contribution in [2.75, 3.05) is 13.1 Å². The molecule has 1 aromatic rings. The Morgan fingerprint density at radius 3 is 2.55 bits per heavy atom. The SMILES string of the molecule is Cc1ccc(OC(C)C(=O)N2CCC(O)CC2)cc1C. The molecule has 1 amide bonds. The van der Waals surface area contributed by atoms with Crippen LogP contribution in [0.25, 0.3) is 0 Å². The van der Waals surface area contributed by atoms with Crippen molar-refractivity contribution < 1.29 is 14.6 Å². The van der Waals surface area contributed by atoms with E-state index in [9.17, 15) is 9.90 Å². The van der Waals surface area contributed by atoms with E-state index in [2.05, 4.69) is 0 Å². The number of piperidine rings is 1. The van der Waals surface area contributed by atoms with Crippen LogP contribution in [0, 0.1) is 13.8 Å². The molecule has 1 N–H and O–H groups in total. The standard InChI is InChI=1S/C16H23NO3/c1-11-4-5-15(10-12(11)2)20-13(3)16(19)17-8-6-14(18)7-9-17/h4-5,10,13-14,18H,6-9H2,1-3H3. The van der Waals surface area contributed by atoms with Crippen LogP contribution in [0.2, 0.25) is 0 Å². The van der Waals surface area contributed by atoms with Crippen LogP contribution in [0.1, 0.15) is 30.9 Å². The Hall–Kier alpha value is -1.55. The second kappa shape index (κ2) is 6.27. The number of amides is 1. The molecule has 0 aliphatic carbocycles. The molecule has 1 aliphatic heterocycles. The summed E-state index contributed by atoms with van der Waals surface area (Å²) in [5, 5.41) is 9.47. The molecule has 0 spiro atoms. The fraction of sp³-hybridized carbons (Fsp3) is 0.562. The minimum Gasteiger partial charge on any atom is -0.481 e. The first-order valence-corrected chi connectivity index (χ1v) is 7.18. The van der Waals surface area contributed by atoms with Crippen LogP contribution in [-0.4, -0.2) is 41.2 Å². The summed E-state index contributed by atoms with van der Waals surface area (Å²) < 4.78 is 5.74. The minimum absolute atomic E-state index is 0.00451. The Bertz CT molecular complexity index is 479. The smallest absolute Gasteiger partial charge is 0.263 e. The predicted molar refractivity (Wildman–Crippen MR) is 77.8 cm³/mol. The molecule has 4 heteroatoms. The number of aryl methyl sites for hydroxylation is 2. The van der Waals surface area contributed by atoms with Crippen molar-refractivity contribution in [3.8, 4) is 5.75 Å². The highest BCUT2D eigenvalue weighted by Crippen LogP contribution is 2.19. The normalized spacial score (nSPS) is 17.9. The lowest BCUT2D eigenvalue weighted by molar-refractivity contribution is -0.139. The van der Waals surface area contributed by atoms with E-state index >= 15 is 0 Å². The molecule has 1 fully saturated rings. The molecule has 0 saturated carbocycles. The third-order valence-electron chi connectivity index (χ3n) is 3.92. The second-order valence-electron chi connectivity index (χ2n) is 5.56. The average Bonchev–Trinajstić information content (AvgIpc) is 2.43. The number of rotatable bonds is 3. The molecule has 4 nitrogen and oxygen atoms in total. The maximum atomic E-state index is 12.3. The number of aliphatic hydroxyl groups excluding tert-OH is 1. The molecule has 110 valence electrons. The van der Waals surface area contributed by atoms with Crippen molar-refractivity contribution in [3.05, 3.63) is 29.3 Å². The van der Waals surface area contributed by atoms with Crippen molar-refractivity contribution in [2.45, 2.75) is 45.8 Å². The van der Waals surface area contributed by atoms with E-state index in [1.165, 1.54) is 5.56 Å². The van der Waals surface area contributed by atoms with Gasteiger partial charge in [0.25, 0.3) is 5.91 Å². The zero-order valence-electron chi connectivity index (χ0n) is 12.4. The number of hydrogen-bond acceptors (Lipinski definition) is 3. The van der Waals surface area contributed by atoms with Gasteiger partial charge in [-0.2, -0.15) is 0 Å². The fourth-order valence-corrected chi connectivity index (χ4v) is 2.39. The van der Waals surface area contributed by atoms with E-state index in [1.807, 2.05) is 32.0 Å². The highest BCUT2D eigenvalue weighted by atomic mass is 16.5. The molecule has 0 aromatic heterocycles. The molecule has 0 radical (unpaired) electrons. The topological polar surface area (TPSA) is 49.8 Å². The summed E-state index contributed by atoms with van der Waals surface area (Å²) in [5.74, 6) is 0.723. The molecule has 1 unspecified atom stereocenters. The van der Waals surface area contributed by atoms with Gasteiger partial charge in [-0.3, -0.25) is 4.79 Å². The molecule has 1 heterocycles. The van der Waals surface area contributed by atoms with Crippen molar-refractivity contribution in [1.82, 2.24) is 4.90 Å². The van der Waals surface area contributed by atoms with Gasteiger partial charge in [0.05, 0.1) is 6.10 Å². The molecule has 1 atom stereocenters. The number of hydrogen-bond donors (Lipinski definition) is 1. The maximum absolute atomic E-state index is 12.3. The zero-order valence-corrected chi connectivity index (χ0v) is 12.4. The van der Waals surface area contributed by atoms with E-state index in [0.29, 0.717) is 25.9 Å². The average molecular weight is 277 g/mol. The Labute approximate surface area is 120 Å². The van der Waals surface area contributed by atoms with Crippen LogP contribution in [0.15, 0.2) is 18.2 Å². The summed E-state index contributed by atoms with van der Waals surface area (Å²) in [5.41, 5.74) is 2.37. The minimum atomic E-state index is -0.493. The van der Waals surface area contributed by atoms with Crippen molar-refractivity contribution in [1.29, 1.82) is 0 Å². The van der Waals surface area contributed by atoms with E-state index in [0.717, 1.165) is 11.3 Å². The first kappa shape index (κ1) is 14.9. The highest BCUT2D eigenvalue weighted by Gasteiger charge is 2.26. The lowest BCUT2D eigenvalue weighted by atomic mass is 10.1. The molecule has 0 bridgehead atoms. The maximum Gasteiger partial charge on any atom is 0.263 e. The first-order valence-electron chi connectivity index (χ1n) is 7.18. The van der Waals surface area contributed by atoms with Crippen LogP contribution in [0.4, 0.5) is 0 Å². The lowest BCUT2D eigenvalue weighted by Crippen LogP contribution is -2.45. The quantitative estimate of drug-likeness (QED) is 0.920. The number of benzene rings is 1.